The van der Waals surface area contributed by atoms with Gasteiger partial charge in [0.1, 0.15) is 5.75 Å². The summed E-state index contributed by atoms with van der Waals surface area (Å²) in [5, 5.41) is 120. The number of aliphatic imine (C=N–C) groups is 1. The lowest BCUT2D eigenvalue weighted by Gasteiger charge is -2.21. The SMILES string of the molecule is Oc1c(O)c(O)c2c(c1O)c1c(O)c(O)c(O)c(O)c1c1c(O)c(-c3ccc(-c4ccc5c(n4)=C4CC(=CC=5)C=CC=N4)c4ccccc34)c(O)c(O)c21. The van der Waals surface area contributed by atoms with E-state index in [9.17, 15) is 56.2 Å². The van der Waals surface area contributed by atoms with Crippen molar-refractivity contribution in [1.29, 1.82) is 0 Å². The van der Waals surface area contributed by atoms with Crippen LogP contribution in [0.25, 0.3) is 77.2 Å². The summed E-state index contributed by atoms with van der Waals surface area (Å²) in [5.41, 5.74) is 2.90. The standard InChI is InChI=1S/C41H26N2O11/c44-31-23(20-11-10-19(17-5-1-2-6-18(17)20)21-12-9-16-8-7-15-4-3-13-42-22(14-15)30(16)43-21)32(45)33(46)25-24(31)26-28(36(49)40(53)38(51)34(26)47)29-27(25)35(48)39(52)41(54)37(29)50/h1-13,44-54H,14H2. The maximum absolute atomic E-state index is 12.1. The highest BCUT2D eigenvalue weighted by Crippen LogP contribution is 2.63. The Morgan fingerprint density at radius 3 is 1.54 bits per heavy atom. The average Bonchev–Trinajstić information content (AvgIpc) is 3.53. The lowest BCUT2D eigenvalue weighted by Crippen LogP contribution is -2.30. The molecule has 9 rings (SSSR count). The first kappa shape index (κ1) is 32.1. The number of nitrogens with zero attached hydrogens (tertiary/aromatic N) is 2. The Morgan fingerprint density at radius 2 is 0.963 bits per heavy atom. The van der Waals surface area contributed by atoms with E-state index >= 15 is 0 Å². The third-order valence-electron chi connectivity index (χ3n) is 10.1. The highest BCUT2D eigenvalue weighted by Gasteiger charge is 2.34. The van der Waals surface area contributed by atoms with Crippen LogP contribution in [-0.4, -0.2) is 67.4 Å². The summed E-state index contributed by atoms with van der Waals surface area (Å²) in [4.78, 5) is 9.63. The topological polar surface area (TPSA) is 248 Å². The Labute approximate surface area is 301 Å². The molecule has 2 aliphatic rings. The first-order valence-electron chi connectivity index (χ1n) is 16.4. The fourth-order valence-corrected chi connectivity index (χ4v) is 7.60. The number of hydrogen-bond donors (Lipinski definition) is 11. The largest absolute Gasteiger partial charge is 0.506 e. The van der Waals surface area contributed by atoms with Gasteiger partial charge in [-0.2, -0.15) is 0 Å². The Morgan fingerprint density at radius 1 is 0.463 bits per heavy atom. The second-order valence-electron chi connectivity index (χ2n) is 13.0. The van der Waals surface area contributed by atoms with Crippen molar-refractivity contribution in [2.45, 2.75) is 6.42 Å². The van der Waals surface area contributed by atoms with Crippen LogP contribution in [-0.2, 0) is 0 Å². The summed E-state index contributed by atoms with van der Waals surface area (Å²) in [6, 6.07) is 14.1. The molecule has 13 heteroatoms. The van der Waals surface area contributed by atoms with Crippen LogP contribution in [0.5, 0.6) is 63.2 Å². The summed E-state index contributed by atoms with van der Waals surface area (Å²) < 4.78 is 0. The number of benzene rings is 6. The fourth-order valence-electron chi connectivity index (χ4n) is 7.60. The van der Waals surface area contributed by atoms with E-state index in [2.05, 4.69) is 4.99 Å². The van der Waals surface area contributed by atoms with Gasteiger partial charge in [0.15, 0.2) is 34.5 Å². The van der Waals surface area contributed by atoms with Gasteiger partial charge in [0.2, 0.25) is 23.0 Å². The van der Waals surface area contributed by atoms with E-state index in [4.69, 9.17) is 4.98 Å². The number of phenols is 11. The molecule has 7 aromatic rings. The number of allylic oxidation sites excluding steroid dienone is 3. The Kier molecular flexibility index (Phi) is 6.60. The quantitative estimate of drug-likeness (QED) is 0.0589. The molecular weight excluding hydrogens is 696 g/mol. The van der Waals surface area contributed by atoms with Crippen molar-refractivity contribution in [2.24, 2.45) is 4.99 Å². The van der Waals surface area contributed by atoms with Gasteiger partial charge < -0.3 is 56.2 Å². The molecule has 54 heavy (non-hydrogen) atoms. The van der Waals surface area contributed by atoms with Gasteiger partial charge in [-0.05, 0) is 34.1 Å². The molecule has 6 aromatic carbocycles. The summed E-state index contributed by atoms with van der Waals surface area (Å²) >= 11 is 0. The Bertz CT molecular complexity index is 3100. The molecule has 0 radical (unpaired) electrons. The van der Waals surface area contributed by atoms with Crippen molar-refractivity contribution in [2.75, 3.05) is 0 Å². The number of aromatic nitrogens is 1. The number of aromatic hydroxyl groups is 11. The molecule has 1 aromatic heterocycles. The van der Waals surface area contributed by atoms with E-state index < -0.39 is 95.6 Å². The smallest absolute Gasteiger partial charge is 0.204 e. The van der Waals surface area contributed by atoms with Crippen molar-refractivity contribution < 1.29 is 56.2 Å². The van der Waals surface area contributed by atoms with Crippen molar-refractivity contribution in [3.8, 4) is 85.6 Å². The van der Waals surface area contributed by atoms with Crippen molar-refractivity contribution in [3.63, 3.8) is 0 Å². The van der Waals surface area contributed by atoms with Crippen LogP contribution in [0.4, 0.5) is 0 Å². The molecule has 11 N–H and O–H groups in total. The normalized spacial score (nSPS) is 13.6. The minimum Gasteiger partial charge on any atom is -0.506 e. The molecule has 13 nitrogen and oxygen atoms in total. The number of fused-ring (bicyclic) bond motifs is 10. The molecule has 0 spiro atoms. The van der Waals surface area contributed by atoms with Gasteiger partial charge in [0.05, 0.1) is 22.3 Å². The third kappa shape index (κ3) is 4.14. The number of pyridine rings is 1. The zero-order valence-corrected chi connectivity index (χ0v) is 27.5. The molecule has 2 bridgehead atoms. The van der Waals surface area contributed by atoms with Crippen molar-refractivity contribution >= 4 is 61.1 Å². The summed E-state index contributed by atoms with van der Waals surface area (Å²) in [6.07, 6.45) is 10.2. The first-order valence-corrected chi connectivity index (χ1v) is 16.4. The zero-order chi connectivity index (χ0) is 37.9. The fraction of sp³-hybridized carbons (Fsp3) is 0.0244. The predicted octanol–water partition coefficient (Wildman–Crippen LogP) is 5.65. The van der Waals surface area contributed by atoms with Crippen LogP contribution in [0.2, 0.25) is 0 Å². The second-order valence-corrected chi connectivity index (χ2v) is 13.0. The molecule has 2 heterocycles. The van der Waals surface area contributed by atoms with Gasteiger partial charge in [-0.25, -0.2) is 4.98 Å². The minimum absolute atomic E-state index is 0.160. The molecule has 266 valence electrons. The van der Waals surface area contributed by atoms with Crippen LogP contribution < -0.4 is 10.6 Å². The van der Waals surface area contributed by atoms with Gasteiger partial charge in [0.25, 0.3) is 0 Å². The number of hydrogen-bond acceptors (Lipinski definition) is 13. The average molecular weight is 723 g/mol. The molecule has 1 aliphatic carbocycles. The van der Waals surface area contributed by atoms with E-state index in [1.807, 2.05) is 36.4 Å². The first-order chi connectivity index (χ1) is 25.9. The van der Waals surface area contributed by atoms with Gasteiger partial charge in [-0.3, -0.25) is 4.99 Å². The van der Waals surface area contributed by atoms with Crippen LogP contribution >= 0.6 is 0 Å². The second kappa shape index (κ2) is 11.1. The monoisotopic (exact) mass is 722 g/mol. The van der Waals surface area contributed by atoms with Gasteiger partial charge >= 0.3 is 0 Å². The molecular formula is C41H26N2O11. The van der Waals surface area contributed by atoms with Crippen molar-refractivity contribution in [3.05, 3.63) is 82.9 Å². The van der Waals surface area contributed by atoms with E-state index in [1.165, 1.54) is 0 Å². The van der Waals surface area contributed by atoms with Crippen molar-refractivity contribution in [1.82, 2.24) is 4.98 Å². The van der Waals surface area contributed by atoms with Crippen LogP contribution in [0.1, 0.15) is 6.42 Å². The van der Waals surface area contributed by atoms with Crippen LogP contribution in [0.15, 0.2) is 77.3 Å². The van der Waals surface area contributed by atoms with E-state index in [0.717, 1.165) is 16.5 Å². The Balaban J connectivity index is 1.39. The number of rotatable bonds is 2. The highest BCUT2D eigenvalue weighted by atomic mass is 16.4. The van der Waals surface area contributed by atoms with Crippen LogP contribution in [0.3, 0.4) is 0 Å². The molecule has 1 aliphatic heterocycles. The lowest BCUT2D eigenvalue weighted by atomic mass is 9.86. The van der Waals surface area contributed by atoms with Gasteiger partial charge in [-0.15, -0.1) is 0 Å². The maximum atomic E-state index is 12.1. The predicted molar refractivity (Wildman–Crippen MR) is 201 cm³/mol. The van der Waals surface area contributed by atoms with E-state index in [1.54, 1.807) is 42.6 Å². The van der Waals surface area contributed by atoms with Crippen LogP contribution in [0, 0.1) is 0 Å². The Hall–Kier alpha value is -7.80. The zero-order valence-electron chi connectivity index (χ0n) is 27.5. The van der Waals surface area contributed by atoms with Gasteiger partial charge in [0, 0.05) is 55.7 Å². The molecule has 0 saturated carbocycles. The summed E-state index contributed by atoms with van der Waals surface area (Å²) in [5.74, 6) is -12.5. The molecule has 0 unspecified atom stereocenters. The summed E-state index contributed by atoms with van der Waals surface area (Å²) in [6.45, 7) is 0. The number of phenolic OH excluding ortho intramolecular Hbond substituents is 11. The maximum Gasteiger partial charge on any atom is 0.204 e. The van der Waals surface area contributed by atoms with E-state index in [0.29, 0.717) is 33.8 Å². The lowest BCUT2D eigenvalue weighted by molar-refractivity contribution is 0.349. The molecule has 0 amide bonds. The molecule has 0 atom stereocenters. The van der Waals surface area contributed by atoms with Gasteiger partial charge in [-0.1, -0.05) is 60.7 Å². The minimum atomic E-state index is -1.27. The third-order valence-corrected chi connectivity index (χ3v) is 10.1. The summed E-state index contributed by atoms with van der Waals surface area (Å²) in [7, 11) is 0. The molecule has 0 fully saturated rings. The van der Waals surface area contributed by atoms with E-state index in [-0.39, 0.29) is 11.1 Å². The molecule has 0 saturated heterocycles. The highest BCUT2D eigenvalue weighted by molar-refractivity contribution is 6.36.